The standard InChI is InChI=1S/C17H20N2O4S/c1-11-6-4-5-7-14(11)12(2)18-17(21)15-10-13(8-9-16(15)20)19-24(3,22)23/h4-10,12,19-20H,1-3H3,(H,18,21)/t12-/m0/s1. The number of rotatable bonds is 5. The molecule has 0 radical (unpaired) electrons. The highest BCUT2D eigenvalue weighted by molar-refractivity contribution is 7.92. The monoisotopic (exact) mass is 348 g/mol. The Morgan fingerprint density at radius 3 is 2.46 bits per heavy atom. The Kier molecular flexibility index (Phi) is 5.14. The quantitative estimate of drug-likeness (QED) is 0.724. The molecule has 128 valence electrons. The molecule has 0 unspecified atom stereocenters. The van der Waals surface area contributed by atoms with Crippen molar-refractivity contribution >= 4 is 21.6 Å². The van der Waals surface area contributed by atoms with Gasteiger partial charge < -0.3 is 10.4 Å². The van der Waals surface area contributed by atoms with E-state index in [2.05, 4.69) is 10.0 Å². The van der Waals surface area contributed by atoms with Gasteiger partial charge in [0.25, 0.3) is 5.91 Å². The number of benzene rings is 2. The summed E-state index contributed by atoms with van der Waals surface area (Å²) < 4.78 is 24.9. The fourth-order valence-corrected chi connectivity index (χ4v) is 2.98. The lowest BCUT2D eigenvalue weighted by molar-refractivity contribution is 0.0937. The molecule has 0 aliphatic heterocycles. The van der Waals surface area contributed by atoms with Crippen molar-refractivity contribution in [3.8, 4) is 5.75 Å². The highest BCUT2D eigenvalue weighted by Gasteiger charge is 2.17. The number of sulfonamides is 1. The van der Waals surface area contributed by atoms with Crippen LogP contribution in [0.1, 0.15) is 34.5 Å². The second-order valence-corrected chi connectivity index (χ2v) is 7.41. The molecule has 6 nitrogen and oxygen atoms in total. The van der Waals surface area contributed by atoms with Crippen molar-refractivity contribution in [2.24, 2.45) is 0 Å². The van der Waals surface area contributed by atoms with Crippen molar-refractivity contribution < 1.29 is 18.3 Å². The summed E-state index contributed by atoms with van der Waals surface area (Å²) in [6.45, 7) is 3.79. The summed E-state index contributed by atoms with van der Waals surface area (Å²) in [5.74, 6) is -0.705. The van der Waals surface area contributed by atoms with Gasteiger partial charge in [-0.3, -0.25) is 9.52 Å². The maximum atomic E-state index is 12.4. The Hall–Kier alpha value is -2.54. The molecule has 1 amide bonds. The first-order chi connectivity index (χ1) is 11.2. The van der Waals surface area contributed by atoms with E-state index in [1.54, 1.807) is 0 Å². The number of nitrogens with one attached hydrogen (secondary N) is 2. The second kappa shape index (κ2) is 6.92. The van der Waals surface area contributed by atoms with Crippen LogP contribution in [0.2, 0.25) is 0 Å². The van der Waals surface area contributed by atoms with Crippen molar-refractivity contribution in [3.05, 3.63) is 59.2 Å². The first-order valence-electron chi connectivity index (χ1n) is 7.34. The van der Waals surface area contributed by atoms with Gasteiger partial charge in [-0.05, 0) is 43.2 Å². The van der Waals surface area contributed by atoms with E-state index in [1.165, 1.54) is 18.2 Å². The zero-order valence-corrected chi connectivity index (χ0v) is 14.5. The van der Waals surface area contributed by atoms with Crippen LogP contribution in [0.4, 0.5) is 5.69 Å². The van der Waals surface area contributed by atoms with Crippen molar-refractivity contribution in [2.75, 3.05) is 11.0 Å². The van der Waals surface area contributed by atoms with Crippen LogP contribution in [0.15, 0.2) is 42.5 Å². The summed E-state index contributed by atoms with van der Waals surface area (Å²) in [7, 11) is -3.47. The van der Waals surface area contributed by atoms with Crippen molar-refractivity contribution in [1.82, 2.24) is 5.32 Å². The Morgan fingerprint density at radius 1 is 1.17 bits per heavy atom. The molecule has 0 saturated carbocycles. The fourth-order valence-electron chi connectivity index (χ4n) is 2.42. The van der Waals surface area contributed by atoms with Gasteiger partial charge in [-0.25, -0.2) is 8.42 Å². The van der Waals surface area contributed by atoms with Crippen molar-refractivity contribution in [3.63, 3.8) is 0 Å². The summed E-state index contributed by atoms with van der Waals surface area (Å²) in [4.78, 5) is 12.4. The smallest absolute Gasteiger partial charge is 0.255 e. The number of phenols is 1. The summed E-state index contributed by atoms with van der Waals surface area (Å²) in [6, 6.07) is 11.4. The van der Waals surface area contributed by atoms with Gasteiger partial charge in [-0.15, -0.1) is 0 Å². The third-order valence-electron chi connectivity index (χ3n) is 3.55. The van der Waals surface area contributed by atoms with E-state index in [-0.39, 0.29) is 23.0 Å². The molecule has 0 aromatic heterocycles. The lowest BCUT2D eigenvalue weighted by atomic mass is 10.0. The van der Waals surface area contributed by atoms with Gasteiger partial charge in [0.2, 0.25) is 10.0 Å². The molecule has 0 bridgehead atoms. The molecule has 0 spiro atoms. The molecule has 0 aliphatic carbocycles. The maximum Gasteiger partial charge on any atom is 0.255 e. The third-order valence-corrected chi connectivity index (χ3v) is 4.15. The van der Waals surface area contributed by atoms with Crippen LogP contribution >= 0.6 is 0 Å². The number of anilines is 1. The van der Waals surface area contributed by atoms with E-state index in [1.807, 2.05) is 38.1 Å². The van der Waals surface area contributed by atoms with Crippen molar-refractivity contribution in [1.29, 1.82) is 0 Å². The molecular formula is C17H20N2O4S. The van der Waals surface area contributed by atoms with Gasteiger partial charge in [0.05, 0.1) is 17.9 Å². The molecular weight excluding hydrogens is 328 g/mol. The number of hydrogen-bond acceptors (Lipinski definition) is 4. The zero-order valence-electron chi connectivity index (χ0n) is 13.7. The van der Waals surface area contributed by atoms with Crippen LogP contribution in [0, 0.1) is 6.92 Å². The molecule has 2 rings (SSSR count). The van der Waals surface area contributed by atoms with Gasteiger partial charge in [-0.2, -0.15) is 0 Å². The molecule has 0 aliphatic rings. The molecule has 0 saturated heterocycles. The first-order valence-corrected chi connectivity index (χ1v) is 9.23. The topological polar surface area (TPSA) is 95.5 Å². The van der Waals surface area contributed by atoms with Crippen molar-refractivity contribution in [2.45, 2.75) is 19.9 Å². The second-order valence-electron chi connectivity index (χ2n) is 5.66. The molecule has 1 atom stereocenters. The molecule has 24 heavy (non-hydrogen) atoms. The summed E-state index contributed by atoms with van der Waals surface area (Å²) >= 11 is 0. The lowest BCUT2D eigenvalue weighted by Gasteiger charge is -2.17. The van der Waals surface area contributed by atoms with Gasteiger partial charge in [0.1, 0.15) is 5.75 Å². The predicted octanol–water partition coefficient (Wildman–Crippen LogP) is 2.56. The fraction of sp³-hybridized carbons (Fsp3) is 0.235. The Bertz CT molecular complexity index is 863. The van der Waals surface area contributed by atoms with E-state index in [0.29, 0.717) is 0 Å². The van der Waals surface area contributed by atoms with Gasteiger partial charge >= 0.3 is 0 Å². The molecule has 0 fully saturated rings. The Balaban J connectivity index is 2.23. The molecule has 3 N–H and O–H groups in total. The number of aryl methyl sites for hydroxylation is 1. The highest BCUT2D eigenvalue weighted by Crippen LogP contribution is 2.24. The Morgan fingerprint density at radius 2 is 1.83 bits per heavy atom. The molecule has 2 aromatic carbocycles. The first kappa shape index (κ1) is 17.8. The van der Waals surface area contributed by atoms with Gasteiger partial charge in [-0.1, -0.05) is 24.3 Å². The minimum absolute atomic E-state index is 0.00378. The summed E-state index contributed by atoms with van der Waals surface area (Å²) in [5.41, 5.74) is 2.23. The van der Waals surface area contributed by atoms with E-state index < -0.39 is 15.9 Å². The number of amides is 1. The molecule has 2 aromatic rings. The average Bonchev–Trinajstić information content (AvgIpc) is 2.48. The number of carbonyl (C=O) groups excluding carboxylic acids is 1. The van der Waals surface area contributed by atoms with Crippen LogP contribution < -0.4 is 10.0 Å². The minimum atomic E-state index is -3.47. The number of hydrogen-bond donors (Lipinski definition) is 3. The van der Waals surface area contributed by atoms with Crippen LogP contribution in [0.3, 0.4) is 0 Å². The summed E-state index contributed by atoms with van der Waals surface area (Å²) in [6.07, 6.45) is 1.01. The normalized spacial score (nSPS) is 12.5. The third kappa shape index (κ3) is 4.48. The van der Waals surface area contributed by atoms with Crippen LogP contribution in [-0.2, 0) is 10.0 Å². The lowest BCUT2D eigenvalue weighted by Crippen LogP contribution is -2.27. The van der Waals surface area contributed by atoms with Crippen LogP contribution in [0.5, 0.6) is 5.75 Å². The summed E-state index contributed by atoms with van der Waals surface area (Å²) in [5, 5.41) is 12.7. The van der Waals surface area contributed by atoms with E-state index in [0.717, 1.165) is 17.4 Å². The zero-order chi connectivity index (χ0) is 17.9. The molecule has 0 heterocycles. The highest BCUT2D eigenvalue weighted by atomic mass is 32.2. The van der Waals surface area contributed by atoms with Gasteiger partial charge in [0.15, 0.2) is 0 Å². The number of phenolic OH excluding ortho intramolecular Hbond substituents is 1. The van der Waals surface area contributed by atoms with E-state index >= 15 is 0 Å². The average molecular weight is 348 g/mol. The predicted molar refractivity (Wildman–Crippen MR) is 93.6 cm³/mol. The number of carbonyl (C=O) groups is 1. The number of aromatic hydroxyl groups is 1. The van der Waals surface area contributed by atoms with E-state index in [4.69, 9.17) is 0 Å². The molecule has 7 heteroatoms. The van der Waals surface area contributed by atoms with E-state index in [9.17, 15) is 18.3 Å². The maximum absolute atomic E-state index is 12.4. The Labute approximate surface area is 141 Å². The SMILES string of the molecule is Cc1ccccc1[C@H](C)NC(=O)c1cc(NS(C)(=O)=O)ccc1O. The minimum Gasteiger partial charge on any atom is -0.507 e. The van der Waals surface area contributed by atoms with Crippen LogP contribution in [0.25, 0.3) is 0 Å². The van der Waals surface area contributed by atoms with Crippen LogP contribution in [-0.4, -0.2) is 25.7 Å². The largest absolute Gasteiger partial charge is 0.507 e. The van der Waals surface area contributed by atoms with Gasteiger partial charge in [0, 0.05) is 5.69 Å².